The van der Waals surface area contributed by atoms with E-state index in [1.807, 2.05) is 30.3 Å². The third kappa shape index (κ3) is 3.73. The van der Waals surface area contributed by atoms with Crippen LogP contribution in [0.1, 0.15) is 24.8 Å². The summed E-state index contributed by atoms with van der Waals surface area (Å²) in [6, 6.07) is 9.25. The highest BCUT2D eigenvalue weighted by molar-refractivity contribution is 5.80. The van der Waals surface area contributed by atoms with E-state index in [9.17, 15) is 9.59 Å². The van der Waals surface area contributed by atoms with Gasteiger partial charge in [0.1, 0.15) is 6.04 Å². The van der Waals surface area contributed by atoms with Crippen LogP contribution in [0.15, 0.2) is 30.3 Å². The molecule has 0 aromatic heterocycles. The number of nitrogens with zero attached hydrogens (tertiary/aromatic N) is 1. The number of likely N-dealkylation sites (tertiary alicyclic amines) is 1. The van der Waals surface area contributed by atoms with E-state index in [4.69, 9.17) is 9.84 Å². The van der Waals surface area contributed by atoms with E-state index >= 15 is 0 Å². The molecular formula is C15H19NO4. The first-order valence-corrected chi connectivity index (χ1v) is 6.88. The predicted molar refractivity (Wildman–Crippen MR) is 73.5 cm³/mol. The SMILES string of the molecule is O=C(O)C1CCCN1C(=O)OCCCc1ccccc1. The second-order valence-electron chi connectivity index (χ2n) is 4.89. The summed E-state index contributed by atoms with van der Waals surface area (Å²) in [5, 5.41) is 9.00. The van der Waals surface area contributed by atoms with Gasteiger partial charge < -0.3 is 9.84 Å². The molecule has 0 spiro atoms. The fraction of sp³-hybridized carbons (Fsp3) is 0.467. The van der Waals surface area contributed by atoms with Crippen molar-refractivity contribution in [2.75, 3.05) is 13.2 Å². The summed E-state index contributed by atoms with van der Waals surface area (Å²) in [5.74, 6) is -0.955. The number of aryl methyl sites for hydroxylation is 1. The Morgan fingerprint density at radius 1 is 1.30 bits per heavy atom. The molecule has 1 aliphatic heterocycles. The lowest BCUT2D eigenvalue weighted by atomic mass is 10.1. The summed E-state index contributed by atoms with van der Waals surface area (Å²) < 4.78 is 5.15. The Morgan fingerprint density at radius 2 is 2.05 bits per heavy atom. The van der Waals surface area contributed by atoms with Crippen molar-refractivity contribution in [3.63, 3.8) is 0 Å². The molecule has 1 aromatic carbocycles. The number of rotatable bonds is 5. The molecule has 0 saturated carbocycles. The van der Waals surface area contributed by atoms with E-state index in [2.05, 4.69) is 0 Å². The molecule has 1 fully saturated rings. The van der Waals surface area contributed by atoms with E-state index in [0.717, 1.165) is 19.3 Å². The number of aliphatic carboxylic acids is 1. The average molecular weight is 277 g/mol. The van der Waals surface area contributed by atoms with Gasteiger partial charge in [-0.15, -0.1) is 0 Å². The Kier molecular flexibility index (Phi) is 4.98. The van der Waals surface area contributed by atoms with Crippen molar-refractivity contribution in [2.45, 2.75) is 31.7 Å². The van der Waals surface area contributed by atoms with E-state index < -0.39 is 18.1 Å². The predicted octanol–water partition coefficient (Wildman–Crippen LogP) is 2.30. The highest BCUT2D eigenvalue weighted by atomic mass is 16.6. The number of carbonyl (C=O) groups excluding carboxylic acids is 1. The molecular weight excluding hydrogens is 258 g/mol. The van der Waals surface area contributed by atoms with Gasteiger partial charge in [0.05, 0.1) is 6.61 Å². The van der Waals surface area contributed by atoms with Gasteiger partial charge in [0.2, 0.25) is 0 Å². The van der Waals surface area contributed by atoms with Gasteiger partial charge >= 0.3 is 12.1 Å². The normalized spacial score (nSPS) is 18.0. The van der Waals surface area contributed by atoms with Crippen molar-refractivity contribution in [3.8, 4) is 0 Å². The first kappa shape index (κ1) is 14.4. The summed E-state index contributed by atoms with van der Waals surface area (Å²) in [7, 11) is 0. The molecule has 1 heterocycles. The smallest absolute Gasteiger partial charge is 0.410 e. The highest BCUT2D eigenvalue weighted by Gasteiger charge is 2.34. The van der Waals surface area contributed by atoms with Crippen molar-refractivity contribution in [3.05, 3.63) is 35.9 Å². The Labute approximate surface area is 118 Å². The fourth-order valence-electron chi connectivity index (χ4n) is 2.41. The third-order valence-corrected chi connectivity index (χ3v) is 3.45. The van der Waals surface area contributed by atoms with Gasteiger partial charge in [-0.05, 0) is 31.2 Å². The Hall–Kier alpha value is -2.04. The lowest BCUT2D eigenvalue weighted by molar-refractivity contribution is -0.141. The lowest BCUT2D eigenvalue weighted by Gasteiger charge is -2.20. The number of carboxylic acid groups (broad SMARTS) is 1. The van der Waals surface area contributed by atoms with Gasteiger partial charge in [-0.1, -0.05) is 30.3 Å². The Morgan fingerprint density at radius 3 is 2.75 bits per heavy atom. The molecule has 1 amide bonds. The van der Waals surface area contributed by atoms with Gasteiger partial charge in [-0.2, -0.15) is 0 Å². The number of benzene rings is 1. The molecule has 20 heavy (non-hydrogen) atoms. The van der Waals surface area contributed by atoms with Gasteiger partial charge in [0.15, 0.2) is 0 Å². The molecule has 1 aromatic rings. The first-order valence-electron chi connectivity index (χ1n) is 6.88. The van der Waals surface area contributed by atoms with Crippen LogP contribution in [-0.4, -0.2) is 41.3 Å². The van der Waals surface area contributed by atoms with Gasteiger partial charge in [0, 0.05) is 6.54 Å². The number of carboxylic acids is 1. The van der Waals surface area contributed by atoms with E-state index in [-0.39, 0.29) is 0 Å². The van der Waals surface area contributed by atoms with Crippen LogP contribution in [0.4, 0.5) is 4.79 Å². The monoisotopic (exact) mass is 277 g/mol. The second kappa shape index (κ2) is 6.93. The van der Waals surface area contributed by atoms with Crippen molar-refractivity contribution >= 4 is 12.1 Å². The van der Waals surface area contributed by atoms with Crippen LogP contribution >= 0.6 is 0 Å². The second-order valence-corrected chi connectivity index (χ2v) is 4.89. The van der Waals surface area contributed by atoms with Crippen LogP contribution < -0.4 is 0 Å². The quantitative estimate of drug-likeness (QED) is 0.839. The van der Waals surface area contributed by atoms with Crippen LogP contribution in [0.3, 0.4) is 0 Å². The maximum atomic E-state index is 11.8. The van der Waals surface area contributed by atoms with Crippen LogP contribution in [0, 0.1) is 0 Å². The molecule has 5 nitrogen and oxygen atoms in total. The molecule has 1 unspecified atom stereocenters. The zero-order valence-electron chi connectivity index (χ0n) is 11.3. The highest BCUT2D eigenvalue weighted by Crippen LogP contribution is 2.18. The molecule has 0 radical (unpaired) electrons. The Balaban J connectivity index is 1.71. The molecule has 0 bridgehead atoms. The molecule has 1 saturated heterocycles. The fourth-order valence-corrected chi connectivity index (χ4v) is 2.41. The van der Waals surface area contributed by atoms with E-state index in [1.54, 1.807) is 0 Å². The first-order chi connectivity index (χ1) is 9.68. The number of hydrogen-bond donors (Lipinski definition) is 1. The molecule has 2 rings (SSSR count). The number of amides is 1. The van der Waals surface area contributed by atoms with Crippen molar-refractivity contribution in [1.82, 2.24) is 4.90 Å². The Bertz CT molecular complexity index is 460. The van der Waals surface area contributed by atoms with Crippen LogP contribution in [0.2, 0.25) is 0 Å². The maximum Gasteiger partial charge on any atom is 0.410 e. The van der Waals surface area contributed by atoms with Gasteiger partial charge in [-0.3, -0.25) is 4.90 Å². The molecule has 1 atom stereocenters. The standard InChI is InChI=1S/C15H19NO4/c17-14(18)13-9-4-10-16(13)15(19)20-11-5-8-12-6-2-1-3-7-12/h1-3,6-7,13H,4-5,8-11H2,(H,17,18). The van der Waals surface area contributed by atoms with Crippen LogP contribution in [0.5, 0.6) is 0 Å². The molecule has 108 valence electrons. The molecule has 5 heteroatoms. The van der Waals surface area contributed by atoms with E-state index in [1.165, 1.54) is 10.5 Å². The van der Waals surface area contributed by atoms with Gasteiger partial charge in [-0.25, -0.2) is 9.59 Å². The number of ether oxygens (including phenoxy) is 1. The van der Waals surface area contributed by atoms with Gasteiger partial charge in [0.25, 0.3) is 0 Å². The molecule has 1 N–H and O–H groups in total. The third-order valence-electron chi connectivity index (χ3n) is 3.45. The molecule has 1 aliphatic rings. The minimum atomic E-state index is -0.955. The minimum Gasteiger partial charge on any atom is -0.480 e. The average Bonchev–Trinajstić information content (AvgIpc) is 2.94. The van der Waals surface area contributed by atoms with Crippen LogP contribution in [0.25, 0.3) is 0 Å². The molecule has 0 aliphatic carbocycles. The zero-order valence-corrected chi connectivity index (χ0v) is 11.3. The summed E-state index contributed by atoms with van der Waals surface area (Å²) in [6.45, 7) is 0.783. The maximum absolute atomic E-state index is 11.8. The number of hydrogen-bond acceptors (Lipinski definition) is 3. The largest absolute Gasteiger partial charge is 0.480 e. The van der Waals surface area contributed by atoms with Crippen molar-refractivity contribution < 1.29 is 19.4 Å². The summed E-state index contributed by atoms with van der Waals surface area (Å²) >= 11 is 0. The minimum absolute atomic E-state index is 0.316. The summed E-state index contributed by atoms with van der Waals surface area (Å²) in [4.78, 5) is 24.1. The number of carbonyl (C=O) groups is 2. The lowest BCUT2D eigenvalue weighted by Crippen LogP contribution is -2.40. The van der Waals surface area contributed by atoms with Crippen LogP contribution in [-0.2, 0) is 16.0 Å². The van der Waals surface area contributed by atoms with Crippen molar-refractivity contribution in [2.24, 2.45) is 0 Å². The zero-order chi connectivity index (χ0) is 14.4. The summed E-state index contributed by atoms with van der Waals surface area (Å²) in [5.41, 5.74) is 1.20. The van der Waals surface area contributed by atoms with Crippen molar-refractivity contribution in [1.29, 1.82) is 0 Å². The summed E-state index contributed by atoms with van der Waals surface area (Å²) in [6.07, 6.45) is 2.30. The van der Waals surface area contributed by atoms with E-state index in [0.29, 0.717) is 19.6 Å². The topological polar surface area (TPSA) is 66.8 Å².